The van der Waals surface area contributed by atoms with E-state index in [2.05, 4.69) is 26.4 Å². The topological polar surface area (TPSA) is 91.0 Å². The van der Waals surface area contributed by atoms with Gasteiger partial charge in [-0.1, -0.05) is 29.7 Å². The summed E-state index contributed by atoms with van der Waals surface area (Å²) in [5, 5.41) is 9.49. The van der Waals surface area contributed by atoms with Crippen LogP contribution in [0, 0.1) is 12.3 Å². The summed E-state index contributed by atoms with van der Waals surface area (Å²) in [5.41, 5.74) is 1.83. The van der Waals surface area contributed by atoms with E-state index >= 15 is 0 Å². The molecule has 4 rings (SSSR count). The van der Waals surface area contributed by atoms with Crippen molar-refractivity contribution in [2.75, 3.05) is 13.1 Å². The molecule has 0 atom stereocenters. The predicted octanol–water partition coefficient (Wildman–Crippen LogP) is 3.63. The van der Waals surface area contributed by atoms with Gasteiger partial charge in [0.2, 0.25) is 0 Å². The van der Waals surface area contributed by atoms with Gasteiger partial charge in [-0.05, 0) is 24.6 Å². The normalized spacial score (nSPS) is 13.2. The van der Waals surface area contributed by atoms with E-state index in [1.165, 1.54) is 0 Å². The molecule has 1 aromatic carbocycles. The van der Waals surface area contributed by atoms with Gasteiger partial charge in [0.1, 0.15) is 0 Å². The van der Waals surface area contributed by atoms with Crippen molar-refractivity contribution in [2.24, 2.45) is 0 Å². The molecule has 0 aliphatic carbocycles. The lowest BCUT2D eigenvalue weighted by Gasteiger charge is -2.27. The third kappa shape index (κ3) is 5.15. The van der Waals surface area contributed by atoms with Crippen molar-refractivity contribution in [3.05, 3.63) is 80.9 Å². The van der Waals surface area contributed by atoms with Crippen molar-refractivity contribution in [1.82, 2.24) is 25.4 Å². The summed E-state index contributed by atoms with van der Waals surface area (Å²) >= 11 is 5.91. The first-order chi connectivity index (χ1) is 16.7. The Kier molecular flexibility index (Phi) is 6.80. The predicted molar refractivity (Wildman–Crippen MR) is 122 cm³/mol. The number of nitrogens with zero attached hydrogens (tertiary/aromatic N) is 3. The van der Waals surface area contributed by atoms with E-state index in [9.17, 15) is 22.8 Å². The molecule has 0 spiro atoms. The standard InChI is InChI=1S/C24H19ClF3N5O2/c1-2-14-5-3-4-6-16(14)23(35)33-10-8-17-20(13-33)31-32-21(17)22(34)29-9-7-19-18(25)11-15(12-30-19)24(26,27)28/h1,3-6,11-12H,7-10,13H2,(H,29,34)(H,31,32). The van der Waals surface area contributed by atoms with Crippen LogP contribution in [0.2, 0.25) is 5.02 Å². The van der Waals surface area contributed by atoms with E-state index in [0.29, 0.717) is 41.5 Å². The van der Waals surface area contributed by atoms with Gasteiger partial charge in [0.05, 0.1) is 34.1 Å². The molecule has 1 aliphatic heterocycles. The number of H-pyrrole nitrogens is 1. The molecule has 11 heteroatoms. The zero-order valence-electron chi connectivity index (χ0n) is 18.2. The van der Waals surface area contributed by atoms with Gasteiger partial charge in [-0.15, -0.1) is 6.42 Å². The number of hydrogen-bond donors (Lipinski definition) is 2. The van der Waals surface area contributed by atoms with Crippen LogP contribution in [0.4, 0.5) is 13.2 Å². The average molecular weight is 502 g/mol. The molecule has 0 saturated carbocycles. The first kappa shape index (κ1) is 24.3. The van der Waals surface area contributed by atoms with Crippen LogP contribution in [-0.4, -0.2) is 45.0 Å². The van der Waals surface area contributed by atoms with Crippen LogP contribution >= 0.6 is 11.6 Å². The Labute approximate surface area is 203 Å². The Morgan fingerprint density at radius 3 is 2.77 bits per heavy atom. The maximum absolute atomic E-state index is 12.9. The Morgan fingerprint density at radius 1 is 1.29 bits per heavy atom. The van der Waals surface area contributed by atoms with E-state index < -0.39 is 17.6 Å². The molecule has 0 fully saturated rings. The highest BCUT2D eigenvalue weighted by Crippen LogP contribution is 2.31. The van der Waals surface area contributed by atoms with Gasteiger partial charge in [-0.3, -0.25) is 19.7 Å². The van der Waals surface area contributed by atoms with Crippen LogP contribution in [0.5, 0.6) is 0 Å². The lowest BCUT2D eigenvalue weighted by molar-refractivity contribution is -0.137. The van der Waals surface area contributed by atoms with E-state index in [4.69, 9.17) is 18.0 Å². The van der Waals surface area contributed by atoms with Gasteiger partial charge >= 0.3 is 6.18 Å². The summed E-state index contributed by atoms with van der Waals surface area (Å²) in [6.07, 6.45) is 2.25. The number of aromatic nitrogens is 3. The number of pyridine rings is 1. The highest BCUT2D eigenvalue weighted by molar-refractivity contribution is 6.31. The number of fused-ring (bicyclic) bond motifs is 1. The summed E-state index contributed by atoms with van der Waals surface area (Å²) in [6.45, 7) is 0.736. The lowest BCUT2D eigenvalue weighted by Crippen LogP contribution is -2.37. The monoisotopic (exact) mass is 501 g/mol. The maximum Gasteiger partial charge on any atom is 0.417 e. The van der Waals surface area contributed by atoms with Gasteiger partial charge in [-0.25, -0.2) is 0 Å². The van der Waals surface area contributed by atoms with Crippen molar-refractivity contribution in [1.29, 1.82) is 0 Å². The molecule has 2 amide bonds. The van der Waals surface area contributed by atoms with Crippen molar-refractivity contribution >= 4 is 23.4 Å². The highest BCUT2D eigenvalue weighted by Gasteiger charge is 2.32. The van der Waals surface area contributed by atoms with Gasteiger partial charge in [-0.2, -0.15) is 18.3 Å². The number of terminal acetylenes is 1. The minimum absolute atomic E-state index is 0.103. The second-order valence-electron chi connectivity index (χ2n) is 7.85. The Morgan fingerprint density at radius 2 is 2.06 bits per heavy atom. The molecule has 35 heavy (non-hydrogen) atoms. The summed E-state index contributed by atoms with van der Waals surface area (Å²) < 4.78 is 38.2. The largest absolute Gasteiger partial charge is 0.417 e. The number of rotatable bonds is 5. The van der Waals surface area contributed by atoms with Gasteiger partial charge < -0.3 is 10.2 Å². The number of hydrogen-bond acceptors (Lipinski definition) is 4. The second-order valence-corrected chi connectivity index (χ2v) is 8.26. The average Bonchev–Trinajstić information content (AvgIpc) is 3.27. The molecular weight excluding hydrogens is 483 g/mol. The number of amides is 2. The Hall–Kier alpha value is -3.84. The minimum atomic E-state index is -4.53. The van der Waals surface area contributed by atoms with Crippen molar-refractivity contribution in [2.45, 2.75) is 25.6 Å². The van der Waals surface area contributed by atoms with E-state index in [1.807, 2.05) is 0 Å². The number of aromatic amines is 1. The Balaban J connectivity index is 1.38. The summed E-state index contributed by atoms with van der Waals surface area (Å²) in [6, 6.07) is 7.70. The van der Waals surface area contributed by atoms with Gasteiger partial charge in [0, 0.05) is 36.8 Å². The molecule has 3 heterocycles. The van der Waals surface area contributed by atoms with Gasteiger partial charge in [0.15, 0.2) is 5.69 Å². The zero-order valence-corrected chi connectivity index (χ0v) is 19.0. The molecule has 0 saturated heterocycles. The fraction of sp³-hybridized carbons (Fsp3) is 0.250. The van der Waals surface area contributed by atoms with Crippen molar-refractivity contribution in [3.8, 4) is 12.3 Å². The number of benzene rings is 1. The lowest BCUT2D eigenvalue weighted by atomic mass is 10.0. The van der Waals surface area contributed by atoms with Crippen molar-refractivity contribution < 1.29 is 22.8 Å². The molecule has 2 N–H and O–H groups in total. The van der Waals surface area contributed by atoms with Crippen LogP contribution in [0.1, 0.15) is 48.9 Å². The number of halogens is 4. The van der Waals surface area contributed by atoms with Crippen LogP contribution < -0.4 is 5.32 Å². The molecule has 0 bridgehead atoms. The molecule has 1 aliphatic rings. The van der Waals surface area contributed by atoms with Crippen molar-refractivity contribution in [3.63, 3.8) is 0 Å². The summed E-state index contributed by atoms with van der Waals surface area (Å²) in [5.74, 6) is 1.87. The highest BCUT2D eigenvalue weighted by atomic mass is 35.5. The molecule has 0 unspecified atom stereocenters. The smallest absolute Gasteiger partial charge is 0.350 e. The van der Waals surface area contributed by atoms with Crippen LogP contribution in [0.3, 0.4) is 0 Å². The third-order valence-corrected chi connectivity index (χ3v) is 5.97. The van der Waals surface area contributed by atoms with Crippen LogP contribution in [-0.2, 0) is 25.6 Å². The second kappa shape index (κ2) is 9.80. The SMILES string of the molecule is C#Cc1ccccc1C(=O)N1CCc2c(C(=O)NCCc3ncc(C(F)(F)F)cc3Cl)n[nH]c2C1. The number of carbonyl (C=O) groups excluding carboxylic acids is 2. The van der Waals surface area contributed by atoms with E-state index in [1.54, 1.807) is 29.2 Å². The van der Waals surface area contributed by atoms with Crippen LogP contribution in [0.15, 0.2) is 36.5 Å². The minimum Gasteiger partial charge on any atom is -0.350 e. The zero-order chi connectivity index (χ0) is 25.2. The molecule has 0 radical (unpaired) electrons. The third-order valence-electron chi connectivity index (χ3n) is 5.64. The number of nitrogens with one attached hydrogen (secondary N) is 2. The van der Waals surface area contributed by atoms with E-state index in [0.717, 1.165) is 6.07 Å². The summed E-state index contributed by atoms with van der Waals surface area (Å²) in [4.78, 5) is 31.0. The fourth-order valence-electron chi connectivity index (χ4n) is 3.83. The molecule has 180 valence electrons. The number of carbonyl (C=O) groups is 2. The fourth-order valence-corrected chi connectivity index (χ4v) is 4.09. The first-order valence-electron chi connectivity index (χ1n) is 10.6. The maximum atomic E-state index is 12.9. The molecule has 7 nitrogen and oxygen atoms in total. The molecular formula is C24H19ClF3N5O2. The van der Waals surface area contributed by atoms with Gasteiger partial charge in [0.25, 0.3) is 11.8 Å². The molecule has 3 aromatic rings. The number of alkyl halides is 3. The molecule has 2 aromatic heterocycles. The quantitative estimate of drug-likeness (QED) is 0.522. The van der Waals surface area contributed by atoms with Crippen LogP contribution in [0.25, 0.3) is 0 Å². The summed E-state index contributed by atoms with van der Waals surface area (Å²) in [7, 11) is 0. The Bertz CT molecular complexity index is 1330. The van der Waals surface area contributed by atoms with E-state index in [-0.39, 0.29) is 41.8 Å². The first-order valence-corrected chi connectivity index (χ1v) is 11.0.